The van der Waals surface area contributed by atoms with Crippen molar-refractivity contribution in [2.75, 3.05) is 14.2 Å². The molecular weight excluding hydrogens is 306 g/mol. The fraction of sp³-hybridized carbons (Fsp3) is 0.263. The van der Waals surface area contributed by atoms with Crippen LogP contribution < -0.4 is 9.47 Å². The Labute approximate surface area is 141 Å². The predicted octanol–water partition coefficient (Wildman–Crippen LogP) is 3.08. The third-order valence-electron chi connectivity index (χ3n) is 3.89. The largest absolute Gasteiger partial charge is 0.497 e. The van der Waals surface area contributed by atoms with E-state index in [9.17, 15) is 9.90 Å². The van der Waals surface area contributed by atoms with Crippen molar-refractivity contribution in [3.8, 4) is 17.6 Å². The minimum absolute atomic E-state index is 0.0146. The smallest absolute Gasteiger partial charge is 0.198 e. The van der Waals surface area contributed by atoms with Crippen molar-refractivity contribution in [2.45, 2.75) is 18.4 Å². The molecule has 1 atom stereocenters. The molecule has 1 N–H and O–H groups in total. The third kappa shape index (κ3) is 3.55. The summed E-state index contributed by atoms with van der Waals surface area (Å²) in [5, 5.41) is 19.9. The lowest BCUT2D eigenvalue weighted by Gasteiger charge is -2.26. The molecule has 0 saturated heterocycles. The first-order chi connectivity index (χ1) is 11.5. The number of aliphatic hydroxyl groups is 1. The monoisotopic (exact) mass is 325 g/mol. The molecule has 0 aliphatic heterocycles. The zero-order chi connectivity index (χ0) is 17.6. The van der Waals surface area contributed by atoms with Gasteiger partial charge in [0, 0.05) is 18.4 Å². The van der Waals surface area contributed by atoms with Crippen LogP contribution in [0.2, 0.25) is 0 Å². The van der Waals surface area contributed by atoms with E-state index in [4.69, 9.17) is 14.7 Å². The summed E-state index contributed by atoms with van der Waals surface area (Å²) in [6.45, 7) is 0. The number of ether oxygens (including phenoxy) is 2. The molecule has 5 nitrogen and oxygen atoms in total. The standard InChI is InChI=1S/C19H19NO4/c1-23-16-8-4-14(5-9-16)18(21)19(22,12-3-13-20)15-6-10-17(24-2)11-7-15/h4-11,22H,3,12H2,1-2H3. The summed E-state index contributed by atoms with van der Waals surface area (Å²) < 4.78 is 10.2. The molecule has 2 aromatic carbocycles. The summed E-state index contributed by atoms with van der Waals surface area (Å²) in [5.41, 5.74) is -0.984. The van der Waals surface area contributed by atoms with Crippen molar-refractivity contribution in [3.63, 3.8) is 0 Å². The van der Waals surface area contributed by atoms with E-state index in [1.165, 1.54) is 7.11 Å². The molecule has 0 aliphatic rings. The maximum absolute atomic E-state index is 12.9. The predicted molar refractivity (Wildman–Crippen MR) is 89.1 cm³/mol. The summed E-state index contributed by atoms with van der Waals surface area (Å²) in [6.07, 6.45) is 0.0745. The molecule has 0 bridgehead atoms. The lowest BCUT2D eigenvalue weighted by atomic mass is 9.82. The van der Waals surface area contributed by atoms with Gasteiger partial charge in [-0.1, -0.05) is 12.1 Å². The number of Topliss-reactive ketones (excluding diaryl/α,β-unsaturated/α-hetero) is 1. The van der Waals surface area contributed by atoms with Crippen LogP contribution in [0.15, 0.2) is 48.5 Å². The molecule has 0 spiro atoms. The van der Waals surface area contributed by atoms with Crippen LogP contribution in [0.25, 0.3) is 0 Å². The Morgan fingerprint density at radius 1 is 1.04 bits per heavy atom. The van der Waals surface area contributed by atoms with E-state index in [-0.39, 0.29) is 12.8 Å². The van der Waals surface area contributed by atoms with Gasteiger partial charge >= 0.3 is 0 Å². The zero-order valence-electron chi connectivity index (χ0n) is 13.7. The van der Waals surface area contributed by atoms with Crippen LogP contribution in [0.5, 0.6) is 11.5 Å². The van der Waals surface area contributed by atoms with E-state index in [0.717, 1.165) is 0 Å². The molecule has 0 aromatic heterocycles. The van der Waals surface area contributed by atoms with Crippen LogP contribution in [0.3, 0.4) is 0 Å². The van der Waals surface area contributed by atoms with Gasteiger partial charge in [-0.05, 0) is 42.0 Å². The number of nitriles is 1. The van der Waals surface area contributed by atoms with Crippen LogP contribution >= 0.6 is 0 Å². The Kier molecular flexibility index (Phi) is 5.56. The van der Waals surface area contributed by atoms with Gasteiger partial charge in [-0.15, -0.1) is 0 Å². The number of benzene rings is 2. The quantitative estimate of drug-likeness (QED) is 0.791. The molecule has 0 radical (unpaired) electrons. The van der Waals surface area contributed by atoms with Gasteiger partial charge in [0.25, 0.3) is 0 Å². The van der Waals surface area contributed by atoms with E-state index >= 15 is 0 Å². The lowest BCUT2D eigenvalue weighted by Crippen LogP contribution is -2.35. The first kappa shape index (κ1) is 17.5. The highest BCUT2D eigenvalue weighted by Crippen LogP contribution is 2.32. The number of rotatable bonds is 7. The highest BCUT2D eigenvalue weighted by molar-refractivity contribution is 6.03. The first-order valence-corrected chi connectivity index (χ1v) is 7.48. The van der Waals surface area contributed by atoms with E-state index in [0.29, 0.717) is 22.6 Å². The molecule has 0 heterocycles. The summed E-state index contributed by atoms with van der Waals surface area (Å²) in [6, 6.07) is 15.1. The summed E-state index contributed by atoms with van der Waals surface area (Å²) >= 11 is 0. The highest BCUT2D eigenvalue weighted by Gasteiger charge is 2.38. The van der Waals surface area contributed by atoms with Gasteiger partial charge in [-0.25, -0.2) is 0 Å². The SMILES string of the molecule is COc1ccc(C(=O)C(O)(CCC#N)c2ccc(OC)cc2)cc1. The summed E-state index contributed by atoms with van der Waals surface area (Å²) in [5.74, 6) is 0.792. The normalized spacial score (nSPS) is 12.8. The Hall–Kier alpha value is -2.84. The van der Waals surface area contributed by atoms with Gasteiger partial charge in [-0.3, -0.25) is 4.79 Å². The molecule has 5 heteroatoms. The average Bonchev–Trinajstić information content (AvgIpc) is 2.65. The van der Waals surface area contributed by atoms with E-state index in [2.05, 4.69) is 0 Å². The second-order valence-corrected chi connectivity index (χ2v) is 5.30. The average molecular weight is 325 g/mol. The van der Waals surface area contributed by atoms with Crippen molar-refractivity contribution >= 4 is 5.78 Å². The van der Waals surface area contributed by atoms with Crippen LogP contribution in [0.4, 0.5) is 0 Å². The number of carbonyl (C=O) groups excluding carboxylic acids is 1. The maximum Gasteiger partial charge on any atom is 0.198 e. The Morgan fingerprint density at radius 3 is 2.00 bits per heavy atom. The summed E-state index contributed by atoms with van der Waals surface area (Å²) in [4.78, 5) is 12.9. The number of carbonyl (C=O) groups is 1. The second-order valence-electron chi connectivity index (χ2n) is 5.30. The molecule has 2 rings (SSSR count). The number of nitrogens with zero attached hydrogens (tertiary/aromatic N) is 1. The number of hydrogen-bond acceptors (Lipinski definition) is 5. The fourth-order valence-electron chi connectivity index (χ4n) is 2.47. The molecule has 24 heavy (non-hydrogen) atoms. The van der Waals surface area contributed by atoms with E-state index in [1.807, 2.05) is 6.07 Å². The third-order valence-corrected chi connectivity index (χ3v) is 3.89. The van der Waals surface area contributed by atoms with Crippen molar-refractivity contribution in [1.29, 1.82) is 5.26 Å². The van der Waals surface area contributed by atoms with Crippen LogP contribution in [-0.4, -0.2) is 25.1 Å². The lowest BCUT2D eigenvalue weighted by molar-refractivity contribution is 0.0258. The molecule has 2 aromatic rings. The fourth-order valence-corrected chi connectivity index (χ4v) is 2.47. The topological polar surface area (TPSA) is 79.5 Å². The molecule has 0 aliphatic carbocycles. The van der Waals surface area contributed by atoms with Gasteiger partial charge in [0.1, 0.15) is 11.5 Å². The van der Waals surface area contributed by atoms with Gasteiger partial charge in [0.05, 0.1) is 20.3 Å². The highest BCUT2D eigenvalue weighted by atomic mass is 16.5. The van der Waals surface area contributed by atoms with Crippen molar-refractivity contribution in [2.24, 2.45) is 0 Å². The molecule has 1 unspecified atom stereocenters. The first-order valence-electron chi connectivity index (χ1n) is 7.48. The minimum Gasteiger partial charge on any atom is -0.497 e. The Balaban J connectivity index is 2.40. The Bertz CT molecular complexity index is 731. The van der Waals surface area contributed by atoms with Crippen LogP contribution in [0.1, 0.15) is 28.8 Å². The van der Waals surface area contributed by atoms with Crippen molar-refractivity contribution < 1.29 is 19.4 Å². The molecule has 0 fully saturated rings. The van der Waals surface area contributed by atoms with Crippen LogP contribution in [0, 0.1) is 11.3 Å². The van der Waals surface area contributed by atoms with Gasteiger partial charge in [0.2, 0.25) is 0 Å². The van der Waals surface area contributed by atoms with Gasteiger partial charge in [0.15, 0.2) is 11.4 Å². The summed E-state index contributed by atoms with van der Waals surface area (Å²) in [7, 11) is 3.08. The maximum atomic E-state index is 12.9. The van der Waals surface area contributed by atoms with E-state index in [1.54, 1.807) is 55.6 Å². The number of hydrogen-bond donors (Lipinski definition) is 1. The van der Waals surface area contributed by atoms with Crippen molar-refractivity contribution in [1.82, 2.24) is 0 Å². The van der Waals surface area contributed by atoms with Gasteiger partial charge in [-0.2, -0.15) is 5.26 Å². The molecule has 0 amide bonds. The number of ketones is 1. The zero-order valence-corrected chi connectivity index (χ0v) is 13.7. The minimum atomic E-state index is -1.77. The van der Waals surface area contributed by atoms with E-state index < -0.39 is 11.4 Å². The second kappa shape index (κ2) is 7.62. The van der Waals surface area contributed by atoms with Gasteiger partial charge < -0.3 is 14.6 Å². The number of methoxy groups -OCH3 is 2. The molecule has 124 valence electrons. The molecule has 0 saturated carbocycles. The molecular formula is C19H19NO4. The Morgan fingerprint density at radius 2 is 1.54 bits per heavy atom. The van der Waals surface area contributed by atoms with Crippen molar-refractivity contribution in [3.05, 3.63) is 59.7 Å². The van der Waals surface area contributed by atoms with Crippen LogP contribution in [-0.2, 0) is 5.60 Å².